The summed E-state index contributed by atoms with van der Waals surface area (Å²) < 4.78 is 18.8. The molecule has 2 rings (SSSR count). The van der Waals surface area contributed by atoms with Crippen LogP contribution in [0.1, 0.15) is 46.5 Å². The molecule has 0 aromatic heterocycles. The van der Waals surface area contributed by atoms with E-state index in [-0.39, 0.29) is 15.9 Å². The predicted octanol–water partition coefficient (Wildman–Crippen LogP) is 3.97. The maximum atomic E-state index is 12.3. The van der Waals surface area contributed by atoms with Gasteiger partial charge in [-0.1, -0.05) is 26.8 Å². The SMILES string of the molecule is CC(C)(C)[Si](C)(C)O[C@@H]1CCC[C@]12CC=C[S@]2=O. The maximum Gasteiger partial charge on any atom is 0.192 e. The molecule has 18 heavy (non-hydrogen) atoms. The zero-order chi connectivity index (χ0) is 13.6. The molecule has 2 aliphatic rings. The highest BCUT2D eigenvalue weighted by Crippen LogP contribution is 2.47. The van der Waals surface area contributed by atoms with Crippen molar-refractivity contribution in [2.24, 2.45) is 0 Å². The van der Waals surface area contributed by atoms with Crippen LogP contribution >= 0.6 is 0 Å². The normalized spacial score (nSPS) is 36.7. The van der Waals surface area contributed by atoms with Crippen LogP contribution in [0, 0.1) is 0 Å². The number of allylic oxidation sites excluding steroid dienone is 1. The van der Waals surface area contributed by atoms with E-state index in [2.05, 4.69) is 39.9 Å². The van der Waals surface area contributed by atoms with Gasteiger partial charge in [0.25, 0.3) is 0 Å². The fraction of sp³-hybridized carbons (Fsp3) is 0.857. The Morgan fingerprint density at radius 2 is 2.06 bits per heavy atom. The van der Waals surface area contributed by atoms with E-state index in [4.69, 9.17) is 4.43 Å². The van der Waals surface area contributed by atoms with Gasteiger partial charge in [0, 0.05) is 0 Å². The molecule has 0 bridgehead atoms. The topological polar surface area (TPSA) is 26.3 Å². The van der Waals surface area contributed by atoms with E-state index >= 15 is 0 Å². The first-order valence-electron chi connectivity index (χ1n) is 6.94. The van der Waals surface area contributed by atoms with Crippen molar-refractivity contribution >= 4 is 19.1 Å². The molecular formula is C14H26O2SSi. The van der Waals surface area contributed by atoms with Gasteiger partial charge in [0.15, 0.2) is 8.32 Å². The van der Waals surface area contributed by atoms with Gasteiger partial charge < -0.3 is 4.43 Å². The highest BCUT2D eigenvalue weighted by Gasteiger charge is 2.52. The molecule has 104 valence electrons. The first-order chi connectivity index (χ1) is 8.19. The van der Waals surface area contributed by atoms with Gasteiger partial charge in [0.2, 0.25) is 0 Å². The summed E-state index contributed by atoms with van der Waals surface area (Å²) in [4.78, 5) is 0. The van der Waals surface area contributed by atoms with Gasteiger partial charge >= 0.3 is 0 Å². The van der Waals surface area contributed by atoms with Gasteiger partial charge in [-0.25, -0.2) is 0 Å². The molecular weight excluding hydrogens is 260 g/mol. The second-order valence-electron chi connectivity index (χ2n) is 7.20. The summed E-state index contributed by atoms with van der Waals surface area (Å²) in [6.45, 7) is 11.4. The third-order valence-corrected chi connectivity index (χ3v) is 11.3. The molecule has 1 heterocycles. The highest BCUT2D eigenvalue weighted by molar-refractivity contribution is 7.89. The fourth-order valence-electron chi connectivity index (χ4n) is 2.73. The largest absolute Gasteiger partial charge is 0.412 e. The monoisotopic (exact) mass is 286 g/mol. The third-order valence-electron chi connectivity index (χ3n) is 4.98. The fourth-order valence-corrected chi connectivity index (χ4v) is 5.79. The third kappa shape index (κ3) is 2.27. The average molecular weight is 287 g/mol. The van der Waals surface area contributed by atoms with Gasteiger partial charge in [0.05, 0.1) is 21.7 Å². The van der Waals surface area contributed by atoms with Crippen molar-refractivity contribution in [1.82, 2.24) is 0 Å². The van der Waals surface area contributed by atoms with E-state index < -0.39 is 19.1 Å². The molecule has 0 N–H and O–H groups in total. The van der Waals surface area contributed by atoms with Crippen LogP contribution in [0.25, 0.3) is 0 Å². The molecule has 0 saturated heterocycles. The lowest BCUT2D eigenvalue weighted by Gasteiger charge is -2.42. The first kappa shape index (κ1) is 14.5. The summed E-state index contributed by atoms with van der Waals surface area (Å²) in [7, 11) is -2.59. The zero-order valence-corrected chi connectivity index (χ0v) is 14.1. The zero-order valence-electron chi connectivity index (χ0n) is 12.3. The van der Waals surface area contributed by atoms with Crippen molar-refractivity contribution in [3.8, 4) is 0 Å². The average Bonchev–Trinajstić information content (AvgIpc) is 2.76. The van der Waals surface area contributed by atoms with Crippen LogP contribution in [0.15, 0.2) is 11.5 Å². The Hall–Kier alpha value is 0.0669. The van der Waals surface area contributed by atoms with Crippen molar-refractivity contribution in [3.63, 3.8) is 0 Å². The van der Waals surface area contributed by atoms with Crippen molar-refractivity contribution in [3.05, 3.63) is 11.5 Å². The van der Waals surface area contributed by atoms with E-state index in [1.807, 2.05) is 5.41 Å². The molecule has 1 saturated carbocycles. The van der Waals surface area contributed by atoms with Crippen LogP contribution < -0.4 is 0 Å². The lowest BCUT2D eigenvalue weighted by molar-refractivity contribution is 0.157. The molecule has 0 amide bonds. The Kier molecular flexibility index (Phi) is 3.67. The first-order valence-corrected chi connectivity index (χ1v) is 11.1. The molecule has 1 fully saturated rings. The molecule has 4 heteroatoms. The molecule has 0 aromatic rings. The maximum absolute atomic E-state index is 12.3. The van der Waals surface area contributed by atoms with Gasteiger partial charge in [-0.2, -0.15) is 0 Å². The number of hydrogen-bond acceptors (Lipinski definition) is 2. The molecule has 0 radical (unpaired) electrons. The lowest BCUT2D eigenvalue weighted by atomic mass is 10.0. The summed E-state index contributed by atoms with van der Waals surface area (Å²) in [6, 6.07) is 0. The minimum absolute atomic E-state index is 0.0878. The predicted molar refractivity (Wildman–Crippen MR) is 80.6 cm³/mol. The lowest BCUT2D eigenvalue weighted by Crippen LogP contribution is -2.50. The second-order valence-corrected chi connectivity index (χ2v) is 13.6. The summed E-state index contributed by atoms with van der Waals surface area (Å²) in [6.07, 6.45) is 6.54. The van der Waals surface area contributed by atoms with Crippen LogP contribution in [0.2, 0.25) is 18.1 Å². The molecule has 1 aliphatic carbocycles. The van der Waals surface area contributed by atoms with Gasteiger partial charge in [-0.05, 0) is 49.2 Å². The van der Waals surface area contributed by atoms with Gasteiger partial charge in [0.1, 0.15) is 0 Å². The van der Waals surface area contributed by atoms with Crippen LogP contribution in [0.4, 0.5) is 0 Å². The Morgan fingerprint density at radius 3 is 2.56 bits per heavy atom. The van der Waals surface area contributed by atoms with E-state index in [9.17, 15) is 4.21 Å². The van der Waals surface area contributed by atoms with Crippen LogP contribution in [0.3, 0.4) is 0 Å². The van der Waals surface area contributed by atoms with Crippen LogP contribution in [-0.4, -0.2) is 23.4 Å². The minimum Gasteiger partial charge on any atom is -0.412 e. The quantitative estimate of drug-likeness (QED) is 0.718. The second kappa shape index (κ2) is 4.56. The number of rotatable bonds is 2. The molecule has 1 aliphatic heterocycles. The van der Waals surface area contributed by atoms with E-state index in [0.717, 1.165) is 25.7 Å². The van der Waals surface area contributed by atoms with Crippen molar-refractivity contribution in [1.29, 1.82) is 0 Å². The van der Waals surface area contributed by atoms with Crippen molar-refractivity contribution < 1.29 is 8.63 Å². The Morgan fingerprint density at radius 1 is 1.39 bits per heavy atom. The van der Waals surface area contributed by atoms with Gasteiger partial charge in [-0.15, -0.1) is 0 Å². The summed E-state index contributed by atoms with van der Waals surface area (Å²) in [5, 5.41) is 2.11. The van der Waals surface area contributed by atoms with E-state index in [0.29, 0.717) is 0 Å². The Balaban J connectivity index is 2.17. The summed E-state index contributed by atoms with van der Waals surface area (Å²) >= 11 is 0. The standard InChI is InChI=1S/C14H26O2SSi/c1-13(2,3)18(4,5)16-12-8-6-9-14(12)10-7-11-17(14)15/h7,11-12H,6,8-10H2,1-5H3/t12-,14+,17-/m1/s1. The Bertz CT molecular complexity index is 384. The molecule has 0 aromatic carbocycles. The van der Waals surface area contributed by atoms with Crippen molar-refractivity contribution in [2.45, 2.75) is 75.4 Å². The smallest absolute Gasteiger partial charge is 0.192 e. The molecule has 2 nitrogen and oxygen atoms in total. The summed E-state index contributed by atoms with van der Waals surface area (Å²) in [5.41, 5.74) is 0. The summed E-state index contributed by atoms with van der Waals surface area (Å²) in [5.74, 6) is 0. The highest BCUT2D eigenvalue weighted by atomic mass is 32.2. The molecule has 0 unspecified atom stereocenters. The minimum atomic E-state index is -1.76. The Labute approximate surface area is 115 Å². The van der Waals surface area contributed by atoms with Crippen LogP contribution in [0.5, 0.6) is 0 Å². The number of hydrogen-bond donors (Lipinski definition) is 0. The molecule has 3 atom stereocenters. The molecule has 1 spiro atoms. The van der Waals surface area contributed by atoms with Crippen molar-refractivity contribution in [2.75, 3.05) is 0 Å². The van der Waals surface area contributed by atoms with Crippen LogP contribution in [-0.2, 0) is 15.2 Å². The van der Waals surface area contributed by atoms with Gasteiger partial charge in [-0.3, -0.25) is 4.21 Å². The van der Waals surface area contributed by atoms with E-state index in [1.54, 1.807) is 0 Å². The van der Waals surface area contributed by atoms with E-state index in [1.165, 1.54) is 0 Å².